The van der Waals surface area contributed by atoms with Crippen LogP contribution in [0.25, 0.3) is 0 Å². The number of hydrogen-bond acceptors (Lipinski definition) is 4. The molecule has 0 radical (unpaired) electrons. The van der Waals surface area contributed by atoms with Crippen LogP contribution in [-0.4, -0.2) is 34.2 Å². The van der Waals surface area contributed by atoms with Crippen molar-refractivity contribution in [2.75, 3.05) is 12.4 Å². The van der Waals surface area contributed by atoms with Crippen LogP contribution in [0.2, 0.25) is 0 Å². The van der Waals surface area contributed by atoms with Gasteiger partial charge in [-0.2, -0.15) is 0 Å². The Bertz CT molecular complexity index is 1410. The zero-order valence-corrected chi connectivity index (χ0v) is 25.0. The van der Waals surface area contributed by atoms with Gasteiger partial charge in [-0.15, -0.1) is 0 Å². The molecule has 0 bridgehead atoms. The lowest BCUT2D eigenvalue weighted by atomic mass is 10.2. The number of alkyl halides is 3. The number of amides is 1. The van der Waals surface area contributed by atoms with Crippen LogP contribution in [0.5, 0.6) is 0 Å². The number of methoxy groups -OCH3 is 1. The van der Waals surface area contributed by atoms with E-state index in [1.54, 1.807) is 0 Å². The van der Waals surface area contributed by atoms with Crippen molar-refractivity contribution in [3.63, 3.8) is 0 Å². The van der Waals surface area contributed by atoms with Gasteiger partial charge in [0.15, 0.2) is 0 Å². The van der Waals surface area contributed by atoms with Crippen molar-refractivity contribution >= 4 is 80.5 Å². The molecule has 4 aromatic rings. The minimum atomic E-state index is -3.12. The summed E-state index contributed by atoms with van der Waals surface area (Å²) < 4.78 is 3.31. The molecule has 0 heterocycles. The van der Waals surface area contributed by atoms with E-state index in [0.717, 1.165) is 21.5 Å². The minimum Gasteiger partial charge on any atom is -0.465 e. The van der Waals surface area contributed by atoms with Gasteiger partial charge in [-0.25, -0.2) is 4.79 Å². The van der Waals surface area contributed by atoms with Gasteiger partial charge in [-0.05, 0) is 41.9 Å². The third-order valence-electron chi connectivity index (χ3n) is 6.33. The van der Waals surface area contributed by atoms with Gasteiger partial charge in [-0.3, -0.25) is 4.79 Å². The lowest BCUT2D eigenvalue weighted by molar-refractivity contribution is -0.133. The fraction of sp³-hybridized carbons (Fsp3) is 0.129. The van der Waals surface area contributed by atoms with E-state index >= 15 is 0 Å². The van der Waals surface area contributed by atoms with E-state index < -0.39 is 28.7 Å². The molecule has 0 saturated heterocycles. The second kappa shape index (κ2) is 13.0. The second-order valence-electron chi connectivity index (χ2n) is 8.98. The number of nitrogens with one attached hydrogen (secondary N) is 2. The molecular formula is C31H28Cl3N2O3P. The lowest BCUT2D eigenvalue weighted by Gasteiger charge is -2.33. The predicted octanol–water partition coefficient (Wildman–Crippen LogP) is 5.56. The Balaban J connectivity index is 2.02. The number of aryl methyl sites for hydroxylation is 1. The number of benzene rings is 4. The van der Waals surface area contributed by atoms with Crippen LogP contribution in [-0.2, 0) is 14.3 Å². The first kappa shape index (κ1) is 29.8. The number of halogens is 3. The van der Waals surface area contributed by atoms with Gasteiger partial charge < -0.3 is 15.4 Å². The fourth-order valence-corrected chi connectivity index (χ4v) is 9.07. The number of hydrogen-bond donors (Lipinski definition) is 2. The quantitative estimate of drug-likeness (QED) is 0.0898. The Labute approximate surface area is 249 Å². The first-order valence-electron chi connectivity index (χ1n) is 12.4. The monoisotopic (exact) mass is 612 g/mol. The molecule has 0 aromatic heterocycles. The van der Waals surface area contributed by atoms with Crippen LogP contribution in [0, 0.1) is 6.92 Å². The first-order chi connectivity index (χ1) is 19.2. The number of rotatable bonds is 8. The van der Waals surface area contributed by atoms with Gasteiger partial charge >= 0.3 is 5.97 Å². The summed E-state index contributed by atoms with van der Waals surface area (Å²) in [7, 11) is 1.25. The number of ether oxygens (including phenoxy) is 1. The zero-order valence-electron chi connectivity index (χ0n) is 21.9. The topological polar surface area (TPSA) is 67.4 Å². The number of carbonyl (C=O) groups is 2. The van der Waals surface area contributed by atoms with Crippen LogP contribution < -0.4 is 26.5 Å². The zero-order chi connectivity index (χ0) is 28.8. The molecule has 0 aliphatic heterocycles. The summed E-state index contributed by atoms with van der Waals surface area (Å²) in [4.78, 5) is 28.1. The van der Waals surface area contributed by atoms with Gasteiger partial charge in [0.25, 0.3) is 5.91 Å². The smallest absolute Gasteiger partial charge is 0.344 e. The van der Waals surface area contributed by atoms with Crippen molar-refractivity contribution in [1.29, 1.82) is 0 Å². The number of carbonyl (C=O) groups excluding carboxylic acids is 2. The van der Waals surface area contributed by atoms with Crippen LogP contribution in [0.3, 0.4) is 0 Å². The molecular weight excluding hydrogens is 586 g/mol. The van der Waals surface area contributed by atoms with E-state index in [0.29, 0.717) is 5.69 Å². The molecule has 2 N–H and O–H groups in total. The van der Waals surface area contributed by atoms with Crippen LogP contribution in [0.1, 0.15) is 5.56 Å². The van der Waals surface area contributed by atoms with Gasteiger partial charge in [0.1, 0.15) is 11.5 Å². The van der Waals surface area contributed by atoms with Crippen molar-refractivity contribution in [1.82, 2.24) is 5.32 Å². The highest BCUT2D eigenvalue weighted by Crippen LogP contribution is 2.46. The molecule has 5 nitrogen and oxygen atoms in total. The Kier molecular flexibility index (Phi) is 9.65. The van der Waals surface area contributed by atoms with E-state index in [4.69, 9.17) is 39.5 Å². The van der Waals surface area contributed by atoms with Gasteiger partial charge in [0.05, 0.1) is 7.11 Å². The van der Waals surface area contributed by atoms with Crippen LogP contribution in [0.15, 0.2) is 115 Å². The summed E-state index contributed by atoms with van der Waals surface area (Å²) in [5, 5.41) is 8.17. The summed E-state index contributed by atoms with van der Waals surface area (Å²) in [6.07, 6.45) is -1.18. The standard InChI is InChI=1S/C31H28Cl3N2O3P/c1-22-18-20-23(21-19-22)35-30(31(32,33)34)36-28(37)27(29(38)39-2)40(24-12-6-3-7-13-24,25-14-8-4-9-15-25)26-16-10-5-11-17-26/h3-21,30,35H,1-2H3,(H,36,37)/t30-/m0/s1. The van der Waals surface area contributed by atoms with Gasteiger partial charge in [0, 0.05) is 5.69 Å². The maximum atomic E-state index is 14.4. The highest BCUT2D eigenvalue weighted by Gasteiger charge is 2.41. The van der Waals surface area contributed by atoms with Crippen molar-refractivity contribution < 1.29 is 14.3 Å². The molecule has 0 aliphatic rings. The molecule has 9 heteroatoms. The van der Waals surface area contributed by atoms with Crippen molar-refractivity contribution in [2.24, 2.45) is 0 Å². The molecule has 206 valence electrons. The maximum Gasteiger partial charge on any atom is 0.344 e. The van der Waals surface area contributed by atoms with Gasteiger partial charge in [-0.1, -0.05) is 143 Å². The molecule has 4 rings (SSSR count). The minimum absolute atomic E-state index is 0.0800. The molecule has 0 saturated carbocycles. The normalized spacial score (nSPS) is 12.2. The Morgan fingerprint density at radius 2 is 1.15 bits per heavy atom. The molecule has 4 aromatic carbocycles. The van der Waals surface area contributed by atoms with Crippen molar-refractivity contribution in [3.8, 4) is 0 Å². The molecule has 0 fully saturated rings. The lowest BCUT2D eigenvalue weighted by Crippen LogP contribution is -2.53. The van der Waals surface area contributed by atoms with E-state index in [1.165, 1.54) is 7.11 Å². The highest BCUT2D eigenvalue weighted by atomic mass is 35.6. The number of esters is 1. The second-order valence-corrected chi connectivity index (χ2v) is 14.7. The van der Waals surface area contributed by atoms with E-state index in [2.05, 4.69) is 10.6 Å². The third-order valence-corrected chi connectivity index (χ3v) is 11.3. The molecule has 0 spiro atoms. The summed E-state index contributed by atoms with van der Waals surface area (Å²) in [6, 6.07) is 35.9. The molecule has 40 heavy (non-hydrogen) atoms. The highest BCUT2D eigenvalue weighted by molar-refractivity contribution is 7.97. The first-order valence-corrected chi connectivity index (χ1v) is 15.3. The summed E-state index contributed by atoms with van der Waals surface area (Å²) in [5.41, 5.74) is 1.67. The maximum absolute atomic E-state index is 14.4. The molecule has 0 unspecified atom stereocenters. The molecule has 0 aliphatic carbocycles. The largest absolute Gasteiger partial charge is 0.465 e. The van der Waals surface area contributed by atoms with E-state index in [9.17, 15) is 9.59 Å². The third kappa shape index (κ3) is 6.40. The van der Waals surface area contributed by atoms with E-state index in [-0.39, 0.29) is 5.29 Å². The van der Waals surface area contributed by atoms with Crippen molar-refractivity contribution in [2.45, 2.75) is 16.9 Å². The van der Waals surface area contributed by atoms with Crippen molar-refractivity contribution in [3.05, 3.63) is 121 Å². The molecule has 1 atom stereocenters. The van der Waals surface area contributed by atoms with Gasteiger partial charge in [0.2, 0.25) is 3.79 Å². The summed E-state index contributed by atoms with van der Waals surface area (Å²) in [6.45, 7) is -1.16. The molecule has 1 amide bonds. The summed E-state index contributed by atoms with van der Waals surface area (Å²) in [5.74, 6) is -1.49. The number of anilines is 1. The Morgan fingerprint density at radius 1 is 0.725 bits per heavy atom. The average Bonchev–Trinajstić information content (AvgIpc) is 2.97. The average molecular weight is 614 g/mol. The fourth-order valence-electron chi connectivity index (χ4n) is 4.48. The Hall–Kier alpha value is -3.21. The summed E-state index contributed by atoms with van der Waals surface area (Å²) >= 11 is 19.0. The predicted molar refractivity (Wildman–Crippen MR) is 169 cm³/mol. The van der Waals surface area contributed by atoms with Crippen LogP contribution in [0.4, 0.5) is 5.69 Å². The van der Waals surface area contributed by atoms with E-state index in [1.807, 2.05) is 122 Å². The SMILES string of the molecule is COC(=O)C(C(=O)N[C@H](Nc1ccc(C)cc1)C(Cl)(Cl)Cl)=P(c1ccccc1)(c1ccccc1)c1ccccc1. The Morgan fingerprint density at radius 3 is 1.52 bits per heavy atom. The van der Waals surface area contributed by atoms with Crippen LogP contribution >= 0.6 is 41.7 Å².